The molecule has 1 atom stereocenters. The highest BCUT2D eigenvalue weighted by molar-refractivity contribution is 6.31. The molecule has 1 saturated carbocycles. The zero-order valence-electron chi connectivity index (χ0n) is 18.8. The van der Waals surface area contributed by atoms with E-state index in [-0.39, 0.29) is 23.7 Å². The number of aliphatic hydroxyl groups is 1. The van der Waals surface area contributed by atoms with Crippen molar-refractivity contribution in [2.45, 2.75) is 38.3 Å². The van der Waals surface area contributed by atoms with Crippen LogP contribution in [0.4, 0.5) is 0 Å². The molecule has 3 aromatic carbocycles. The molecule has 0 radical (unpaired) electrons. The average Bonchev–Trinajstić information content (AvgIpc) is 3.59. The number of primary amides is 1. The number of nitrogens with zero attached hydrogens (tertiary/aromatic N) is 1. The SMILES string of the molecule is CC(O)Cn1cc(C(=O)COc2cc3ccc(Cl)cc3cc2C(N)=O)c2ccc(C3CC3)cc21. The van der Waals surface area contributed by atoms with Gasteiger partial charge in [-0.1, -0.05) is 29.8 Å². The summed E-state index contributed by atoms with van der Waals surface area (Å²) in [6.45, 7) is 1.86. The maximum absolute atomic E-state index is 13.2. The molecule has 1 aliphatic carbocycles. The highest BCUT2D eigenvalue weighted by Gasteiger charge is 2.25. The van der Waals surface area contributed by atoms with Gasteiger partial charge in [0.05, 0.1) is 11.7 Å². The van der Waals surface area contributed by atoms with E-state index < -0.39 is 12.0 Å². The van der Waals surface area contributed by atoms with Crippen LogP contribution in [0.3, 0.4) is 0 Å². The van der Waals surface area contributed by atoms with Crippen LogP contribution in [0, 0.1) is 0 Å². The quantitative estimate of drug-likeness (QED) is 0.347. The first-order valence-corrected chi connectivity index (χ1v) is 11.7. The highest BCUT2D eigenvalue weighted by Crippen LogP contribution is 2.41. The number of fused-ring (bicyclic) bond motifs is 2. The number of ether oxygens (including phenoxy) is 1. The van der Waals surface area contributed by atoms with Gasteiger partial charge < -0.3 is 20.1 Å². The highest BCUT2D eigenvalue weighted by atomic mass is 35.5. The molecular weight excluding hydrogens is 452 g/mol. The van der Waals surface area contributed by atoms with Gasteiger partial charge in [0.15, 0.2) is 6.61 Å². The Hall–Kier alpha value is -3.35. The minimum atomic E-state index is -0.648. The maximum atomic E-state index is 13.2. The molecule has 1 aromatic heterocycles. The van der Waals surface area contributed by atoms with Crippen molar-refractivity contribution in [1.29, 1.82) is 0 Å². The molecule has 0 spiro atoms. The van der Waals surface area contributed by atoms with Gasteiger partial charge >= 0.3 is 0 Å². The fourth-order valence-electron chi connectivity index (χ4n) is 4.42. The zero-order chi connectivity index (χ0) is 24.0. The van der Waals surface area contributed by atoms with Gasteiger partial charge in [-0.25, -0.2) is 0 Å². The summed E-state index contributed by atoms with van der Waals surface area (Å²) in [5.41, 5.74) is 8.46. The Bertz CT molecular complexity index is 1440. The Morgan fingerprint density at radius 3 is 2.62 bits per heavy atom. The lowest BCUT2D eigenvalue weighted by Gasteiger charge is -2.11. The molecule has 1 unspecified atom stereocenters. The van der Waals surface area contributed by atoms with E-state index >= 15 is 0 Å². The largest absolute Gasteiger partial charge is 0.485 e. The van der Waals surface area contributed by atoms with Crippen LogP contribution in [0.2, 0.25) is 5.02 Å². The number of benzene rings is 3. The van der Waals surface area contributed by atoms with Gasteiger partial charge in [0.25, 0.3) is 5.91 Å². The molecule has 1 fully saturated rings. The number of Topliss-reactive ketones (excluding diaryl/α,β-unsaturated/α-hetero) is 1. The van der Waals surface area contributed by atoms with Crippen molar-refractivity contribution in [3.05, 3.63) is 76.4 Å². The van der Waals surface area contributed by atoms with Gasteiger partial charge in [0, 0.05) is 34.2 Å². The van der Waals surface area contributed by atoms with E-state index in [2.05, 4.69) is 12.1 Å². The van der Waals surface area contributed by atoms with Crippen LogP contribution in [0.15, 0.2) is 54.7 Å². The third kappa shape index (κ3) is 4.39. The predicted octanol–water partition coefficient (Wildman–Crippen LogP) is 5.07. The number of carbonyl (C=O) groups excluding carboxylic acids is 2. The summed E-state index contributed by atoms with van der Waals surface area (Å²) in [5.74, 6) is -0.0400. The number of hydrogen-bond acceptors (Lipinski definition) is 4. The van der Waals surface area contributed by atoms with E-state index in [0.717, 1.165) is 21.7 Å². The second kappa shape index (κ2) is 8.78. The van der Waals surface area contributed by atoms with Crippen LogP contribution in [-0.4, -0.2) is 34.1 Å². The molecule has 1 amide bonds. The normalized spacial score (nSPS) is 14.4. The maximum Gasteiger partial charge on any atom is 0.252 e. The molecule has 0 bridgehead atoms. The number of halogens is 1. The average molecular weight is 477 g/mol. The number of amides is 1. The lowest BCUT2D eigenvalue weighted by atomic mass is 10.0. The van der Waals surface area contributed by atoms with Gasteiger partial charge in [-0.3, -0.25) is 9.59 Å². The van der Waals surface area contributed by atoms with Gasteiger partial charge in [0.2, 0.25) is 5.78 Å². The minimum Gasteiger partial charge on any atom is -0.485 e. The first-order chi connectivity index (χ1) is 16.3. The molecule has 1 heterocycles. The number of carbonyl (C=O) groups is 2. The number of aromatic nitrogens is 1. The molecule has 6 nitrogen and oxygen atoms in total. The monoisotopic (exact) mass is 476 g/mol. The zero-order valence-corrected chi connectivity index (χ0v) is 19.5. The third-order valence-electron chi connectivity index (χ3n) is 6.24. The minimum absolute atomic E-state index is 0.188. The number of nitrogens with two attached hydrogens (primary N) is 1. The second-order valence-electron chi connectivity index (χ2n) is 9.01. The Balaban J connectivity index is 1.46. The number of aliphatic hydroxyl groups excluding tert-OH is 1. The molecular formula is C27H25ClN2O4. The second-order valence-corrected chi connectivity index (χ2v) is 9.45. The van der Waals surface area contributed by atoms with E-state index in [0.29, 0.717) is 23.0 Å². The van der Waals surface area contributed by atoms with Crippen molar-refractivity contribution < 1.29 is 19.4 Å². The molecule has 5 rings (SSSR count). The Labute approximate surface area is 201 Å². The molecule has 0 saturated heterocycles. The summed E-state index contributed by atoms with van der Waals surface area (Å²) in [6, 6.07) is 14.8. The molecule has 34 heavy (non-hydrogen) atoms. The standard InChI is InChI=1S/C27H25ClN2O4/c1-15(31)12-30-13-23(21-7-5-17(10-24(21)30)16-2-3-16)25(32)14-34-26-11-18-4-6-20(28)8-19(18)9-22(26)27(29)33/h4-11,13,15-16,31H,2-3,12,14H2,1H3,(H2,29,33). The Kier molecular flexibility index (Phi) is 5.80. The van der Waals surface area contributed by atoms with E-state index in [1.165, 1.54) is 18.4 Å². The van der Waals surface area contributed by atoms with Crippen LogP contribution < -0.4 is 10.5 Å². The molecule has 174 valence electrons. The van der Waals surface area contributed by atoms with Crippen molar-refractivity contribution in [2.24, 2.45) is 5.73 Å². The summed E-state index contributed by atoms with van der Waals surface area (Å²) in [5, 5.41) is 12.9. The topological polar surface area (TPSA) is 94.6 Å². The van der Waals surface area contributed by atoms with Crippen molar-refractivity contribution in [3.8, 4) is 5.75 Å². The molecule has 0 aliphatic heterocycles. The number of rotatable bonds is 8. The van der Waals surface area contributed by atoms with Crippen molar-refractivity contribution in [1.82, 2.24) is 4.57 Å². The van der Waals surface area contributed by atoms with Gasteiger partial charge in [-0.05, 0) is 72.4 Å². The van der Waals surface area contributed by atoms with E-state index in [1.807, 2.05) is 16.7 Å². The Morgan fingerprint density at radius 2 is 1.91 bits per heavy atom. The number of hydrogen-bond donors (Lipinski definition) is 2. The van der Waals surface area contributed by atoms with E-state index in [4.69, 9.17) is 22.1 Å². The van der Waals surface area contributed by atoms with Gasteiger partial charge in [0.1, 0.15) is 5.75 Å². The summed E-state index contributed by atoms with van der Waals surface area (Å²) in [7, 11) is 0. The van der Waals surface area contributed by atoms with Crippen molar-refractivity contribution in [2.75, 3.05) is 6.61 Å². The fraction of sp³-hybridized carbons (Fsp3) is 0.259. The molecule has 4 aromatic rings. The van der Waals surface area contributed by atoms with Crippen molar-refractivity contribution >= 4 is 45.0 Å². The lowest BCUT2D eigenvalue weighted by molar-refractivity contribution is 0.0913. The van der Waals surface area contributed by atoms with Crippen LogP contribution >= 0.6 is 11.6 Å². The number of ketones is 1. The molecule has 3 N–H and O–H groups in total. The van der Waals surface area contributed by atoms with Crippen LogP contribution in [0.5, 0.6) is 5.75 Å². The lowest BCUT2D eigenvalue weighted by Crippen LogP contribution is -2.16. The third-order valence-corrected chi connectivity index (χ3v) is 6.48. The first-order valence-electron chi connectivity index (χ1n) is 11.3. The molecule has 7 heteroatoms. The Morgan fingerprint density at radius 1 is 1.12 bits per heavy atom. The summed E-state index contributed by atoms with van der Waals surface area (Å²) in [6.07, 6.45) is 3.59. The van der Waals surface area contributed by atoms with Crippen LogP contribution in [-0.2, 0) is 6.54 Å². The van der Waals surface area contributed by atoms with E-state index in [1.54, 1.807) is 37.4 Å². The van der Waals surface area contributed by atoms with Crippen LogP contribution in [0.1, 0.15) is 52.0 Å². The van der Waals surface area contributed by atoms with Gasteiger partial charge in [-0.2, -0.15) is 0 Å². The van der Waals surface area contributed by atoms with Crippen LogP contribution in [0.25, 0.3) is 21.7 Å². The van der Waals surface area contributed by atoms with Gasteiger partial charge in [-0.15, -0.1) is 0 Å². The summed E-state index contributed by atoms with van der Waals surface area (Å²) < 4.78 is 7.75. The van der Waals surface area contributed by atoms with Crippen molar-refractivity contribution in [3.63, 3.8) is 0 Å². The summed E-state index contributed by atoms with van der Waals surface area (Å²) in [4.78, 5) is 25.3. The predicted molar refractivity (Wildman–Crippen MR) is 133 cm³/mol. The molecule has 1 aliphatic rings. The fourth-order valence-corrected chi connectivity index (χ4v) is 4.60. The first kappa shape index (κ1) is 22.4. The summed E-state index contributed by atoms with van der Waals surface area (Å²) >= 11 is 6.06. The smallest absolute Gasteiger partial charge is 0.252 e. The van der Waals surface area contributed by atoms with E-state index in [9.17, 15) is 14.7 Å².